The third kappa shape index (κ3) is 3.22. The van der Waals surface area contributed by atoms with Gasteiger partial charge in [0, 0.05) is 48.4 Å². The van der Waals surface area contributed by atoms with Gasteiger partial charge in [-0.2, -0.15) is 0 Å². The zero-order valence-corrected chi connectivity index (χ0v) is 17.1. The Morgan fingerprint density at radius 2 is 1.40 bits per heavy atom. The summed E-state index contributed by atoms with van der Waals surface area (Å²) in [6.07, 6.45) is 0. The van der Waals surface area contributed by atoms with Crippen molar-refractivity contribution in [2.24, 2.45) is 0 Å². The third-order valence-corrected chi connectivity index (χ3v) is 5.37. The first kappa shape index (κ1) is 18.1. The number of aryl methyl sites for hydroxylation is 1. The lowest BCUT2D eigenvalue weighted by atomic mass is 10.1. The van der Waals surface area contributed by atoms with Crippen LogP contribution in [0.1, 0.15) is 5.56 Å². The zero-order valence-electron chi connectivity index (χ0n) is 17.1. The number of nitrogens with one attached hydrogen (secondary N) is 2. The molecule has 1 aromatic heterocycles. The van der Waals surface area contributed by atoms with E-state index in [4.69, 9.17) is 4.98 Å². The SMILES string of the molecule is CNc1cc2c(cc1C)nc1ccc(Nc3ccccc3)cc1[n+]2-c1ccccc1. The van der Waals surface area contributed by atoms with Gasteiger partial charge in [0.25, 0.3) is 0 Å². The van der Waals surface area contributed by atoms with Gasteiger partial charge in [-0.25, -0.2) is 4.98 Å². The molecule has 2 N–H and O–H groups in total. The van der Waals surface area contributed by atoms with Crippen LogP contribution in [0.5, 0.6) is 0 Å². The molecule has 5 rings (SSSR count). The number of para-hydroxylation sites is 2. The van der Waals surface area contributed by atoms with Gasteiger partial charge in [-0.3, -0.25) is 0 Å². The second kappa shape index (κ2) is 7.48. The van der Waals surface area contributed by atoms with Gasteiger partial charge in [-0.15, -0.1) is 4.57 Å². The maximum Gasteiger partial charge on any atom is 0.239 e. The van der Waals surface area contributed by atoms with Crippen molar-refractivity contribution in [3.63, 3.8) is 0 Å². The summed E-state index contributed by atoms with van der Waals surface area (Å²) in [6.45, 7) is 2.11. The number of anilines is 3. The average molecular weight is 391 g/mol. The molecule has 4 aromatic carbocycles. The smallest absolute Gasteiger partial charge is 0.239 e. The van der Waals surface area contributed by atoms with E-state index in [1.807, 2.05) is 31.3 Å². The number of aromatic nitrogens is 2. The van der Waals surface area contributed by atoms with Crippen molar-refractivity contribution < 1.29 is 4.57 Å². The summed E-state index contributed by atoms with van der Waals surface area (Å²) in [4.78, 5) is 4.97. The Kier molecular flexibility index (Phi) is 4.52. The number of nitrogens with zero attached hydrogens (tertiary/aromatic N) is 2. The summed E-state index contributed by atoms with van der Waals surface area (Å²) in [5, 5.41) is 6.81. The molecule has 0 aliphatic heterocycles. The summed E-state index contributed by atoms with van der Waals surface area (Å²) in [5.74, 6) is 0. The Morgan fingerprint density at radius 3 is 2.13 bits per heavy atom. The molecule has 0 amide bonds. The second-order valence-corrected chi connectivity index (χ2v) is 7.38. The fraction of sp³-hybridized carbons (Fsp3) is 0.0769. The summed E-state index contributed by atoms with van der Waals surface area (Å²) >= 11 is 0. The van der Waals surface area contributed by atoms with Crippen molar-refractivity contribution in [1.29, 1.82) is 0 Å². The summed E-state index contributed by atoms with van der Waals surface area (Å²) < 4.78 is 2.29. The van der Waals surface area contributed by atoms with Crippen molar-refractivity contribution in [3.8, 4) is 5.69 Å². The molecule has 0 aliphatic rings. The van der Waals surface area contributed by atoms with Crippen molar-refractivity contribution in [2.75, 3.05) is 17.7 Å². The van der Waals surface area contributed by atoms with Crippen LogP contribution < -0.4 is 15.2 Å². The maximum absolute atomic E-state index is 4.97. The molecule has 0 saturated heterocycles. The van der Waals surface area contributed by atoms with E-state index in [-0.39, 0.29) is 0 Å². The number of hydrogen-bond donors (Lipinski definition) is 2. The Morgan fingerprint density at radius 1 is 0.700 bits per heavy atom. The van der Waals surface area contributed by atoms with E-state index in [9.17, 15) is 0 Å². The lowest BCUT2D eigenvalue weighted by Crippen LogP contribution is -2.33. The van der Waals surface area contributed by atoms with Crippen LogP contribution in [0.4, 0.5) is 17.1 Å². The van der Waals surface area contributed by atoms with E-state index in [0.29, 0.717) is 0 Å². The molecule has 0 radical (unpaired) electrons. The van der Waals surface area contributed by atoms with Crippen LogP contribution in [-0.2, 0) is 0 Å². The van der Waals surface area contributed by atoms with Gasteiger partial charge < -0.3 is 10.6 Å². The van der Waals surface area contributed by atoms with Crippen molar-refractivity contribution >= 4 is 39.1 Å². The molecule has 0 bridgehead atoms. The van der Waals surface area contributed by atoms with Crippen molar-refractivity contribution in [1.82, 2.24) is 4.98 Å². The minimum atomic E-state index is 0.960. The van der Waals surface area contributed by atoms with E-state index < -0.39 is 0 Å². The quantitative estimate of drug-likeness (QED) is 0.302. The fourth-order valence-corrected chi connectivity index (χ4v) is 3.90. The topological polar surface area (TPSA) is 40.8 Å². The summed E-state index contributed by atoms with van der Waals surface area (Å²) in [5.41, 5.74) is 9.54. The molecule has 1 heterocycles. The molecule has 0 spiro atoms. The highest BCUT2D eigenvalue weighted by Gasteiger charge is 2.21. The largest absolute Gasteiger partial charge is 0.388 e. The molecular weight excluding hydrogens is 368 g/mol. The number of hydrogen-bond acceptors (Lipinski definition) is 3. The van der Waals surface area contributed by atoms with Crippen LogP contribution in [0.25, 0.3) is 27.8 Å². The van der Waals surface area contributed by atoms with E-state index >= 15 is 0 Å². The molecule has 0 saturated carbocycles. The van der Waals surface area contributed by atoms with Crippen LogP contribution in [0.15, 0.2) is 91.0 Å². The van der Waals surface area contributed by atoms with Gasteiger partial charge >= 0.3 is 0 Å². The molecular formula is C26H23N4+. The van der Waals surface area contributed by atoms with Gasteiger partial charge in [0.15, 0.2) is 0 Å². The first-order valence-electron chi connectivity index (χ1n) is 10.1. The summed E-state index contributed by atoms with van der Waals surface area (Å²) in [6, 6.07) is 31.3. The molecule has 0 atom stereocenters. The molecule has 4 nitrogen and oxygen atoms in total. The van der Waals surface area contributed by atoms with Gasteiger partial charge in [0.1, 0.15) is 11.0 Å². The van der Waals surface area contributed by atoms with Crippen LogP contribution in [0.2, 0.25) is 0 Å². The first-order valence-corrected chi connectivity index (χ1v) is 10.1. The fourth-order valence-electron chi connectivity index (χ4n) is 3.90. The average Bonchev–Trinajstić information content (AvgIpc) is 2.78. The normalized spacial score (nSPS) is 11.0. The standard InChI is InChI=1S/C26H22N4/c1-18-15-24-26(17-23(18)27-2)30(21-11-7-4-8-12-21)25-16-20(13-14-22(25)29-24)28-19-9-5-3-6-10-19/h3-17H,1-2H3,(H,27,28)/p+1. The van der Waals surface area contributed by atoms with Gasteiger partial charge in [0.2, 0.25) is 16.7 Å². The van der Waals surface area contributed by atoms with Crippen molar-refractivity contribution in [2.45, 2.75) is 6.92 Å². The van der Waals surface area contributed by atoms with Crippen LogP contribution in [-0.4, -0.2) is 12.0 Å². The lowest BCUT2D eigenvalue weighted by molar-refractivity contribution is -0.538. The van der Waals surface area contributed by atoms with Gasteiger partial charge in [0.05, 0.1) is 0 Å². The number of fused-ring (bicyclic) bond motifs is 2. The van der Waals surface area contributed by atoms with E-state index in [1.165, 1.54) is 5.56 Å². The van der Waals surface area contributed by atoms with Crippen molar-refractivity contribution in [3.05, 3.63) is 96.6 Å². The van der Waals surface area contributed by atoms with E-state index in [2.05, 4.69) is 88.9 Å². The molecule has 146 valence electrons. The number of rotatable bonds is 4. The lowest BCUT2D eigenvalue weighted by Gasteiger charge is -2.11. The molecule has 30 heavy (non-hydrogen) atoms. The molecule has 4 heteroatoms. The predicted octanol–water partition coefficient (Wildman–Crippen LogP) is 5.76. The summed E-state index contributed by atoms with van der Waals surface area (Å²) in [7, 11) is 1.96. The molecule has 0 fully saturated rings. The minimum absolute atomic E-state index is 0.960. The van der Waals surface area contributed by atoms with E-state index in [1.54, 1.807) is 0 Å². The second-order valence-electron chi connectivity index (χ2n) is 7.38. The highest BCUT2D eigenvalue weighted by Crippen LogP contribution is 2.26. The third-order valence-electron chi connectivity index (χ3n) is 5.37. The highest BCUT2D eigenvalue weighted by molar-refractivity contribution is 5.87. The molecule has 0 unspecified atom stereocenters. The Labute approximate surface area is 175 Å². The van der Waals surface area contributed by atoms with Gasteiger partial charge in [-0.05, 0) is 42.8 Å². The predicted molar refractivity (Wildman–Crippen MR) is 125 cm³/mol. The Bertz CT molecular complexity index is 1350. The van der Waals surface area contributed by atoms with Gasteiger partial charge in [-0.1, -0.05) is 36.4 Å². The molecule has 0 aliphatic carbocycles. The Balaban J connectivity index is 1.80. The maximum atomic E-state index is 4.97. The number of benzene rings is 4. The highest BCUT2D eigenvalue weighted by atomic mass is 15.0. The van der Waals surface area contributed by atoms with Crippen LogP contribution >= 0.6 is 0 Å². The minimum Gasteiger partial charge on any atom is -0.388 e. The zero-order chi connectivity index (χ0) is 20.5. The monoisotopic (exact) mass is 391 g/mol. The van der Waals surface area contributed by atoms with E-state index in [0.717, 1.165) is 44.8 Å². The first-order chi connectivity index (χ1) is 14.7. The Hall–Kier alpha value is -3.92. The molecule has 5 aromatic rings. The van der Waals surface area contributed by atoms with Crippen LogP contribution in [0.3, 0.4) is 0 Å². The van der Waals surface area contributed by atoms with Crippen LogP contribution in [0, 0.1) is 6.92 Å².